The average Bonchev–Trinajstić information content (AvgIpc) is 3.21. The Morgan fingerprint density at radius 3 is 2.71 bits per heavy atom. The molecular formula is C18H22N4O2. The summed E-state index contributed by atoms with van der Waals surface area (Å²) in [4.78, 5) is 23.4. The van der Waals surface area contributed by atoms with Gasteiger partial charge in [0.25, 0.3) is 5.91 Å². The summed E-state index contributed by atoms with van der Waals surface area (Å²) in [5.41, 5.74) is 1.81. The van der Waals surface area contributed by atoms with Crippen molar-refractivity contribution in [1.29, 1.82) is 0 Å². The maximum atomic E-state index is 12.7. The third-order valence-electron chi connectivity index (χ3n) is 4.96. The first kappa shape index (κ1) is 15.2. The lowest BCUT2D eigenvalue weighted by Crippen LogP contribution is -2.29. The predicted molar refractivity (Wildman–Crippen MR) is 89.3 cm³/mol. The molecular weight excluding hydrogens is 304 g/mol. The molecule has 2 fully saturated rings. The van der Waals surface area contributed by atoms with Crippen molar-refractivity contribution >= 4 is 5.91 Å². The number of aryl methyl sites for hydroxylation is 1. The van der Waals surface area contributed by atoms with Crippen molar-refractivity contribution in [3.05, 3.63) is 41.6 Å². The van der Waals surface area contributed by atoms with Crippen molar-refractivity contribution in [3.8, 4) is 5.88 Å². The number of nitrogens with zero attached hydrogens (tertiary/aromatic N) is 4. The number of carbonyl (C=O) groups excluding carboxylic acids is 1. The van der Waals surface area contributed by atoms with Crippen LogP contribution in [-0.2, 0) is 0 Å². The number of hydrogen-bond acceptors (Lipinski definition) is 4. The van der Waals surface area contributed by atoms with Crippen LogP contribution >= 0.6 is 0 Å². The van der Waals surface area contributed by atoms with Crippen LogP contribution in [0.15, 0.2) is 24.5 Å². The number of hydrogen-bond donors (Lipinski definition) is 0. The molecule has 1 amide bonds. The van der Waals surface area contributed by atoms with Crippen LogP contribution in [0.25, 0.3) is 0 Å². The van der Waals surface area contributed by atoms with Gasteiger partial charge in [-0.3, -0.25) is 4.79 Å². The number of ether oxygens (including phenoxy) is 1. The Morgan fingerprint density at radius 2 is 2.04 bits per heavy atom. The fraction of sp³-hybridized carbons (Fsp3) is 0.500. The fourth-order valence-electron chi connectivity index (χ4n) is 3.53. The number of pyridine rings is 1. The van der Waals surface area contributed by atoms with E-state index >= 15 is 0 Å². The van der Waals surface area contributed by atoms with Crippen LogP contribution in [0.2, 0.25) is 0 Å². The number of aromatic nitrogens is 3. The molecule has 1 aliphatic carbocycles. The van der Waals surface area contributed by atoms with Crippen molar-refractivity contribution in [1.82, 2.24) is 19.4 Å². The molecule has 0 bridgehead atoms. The molecule has 1 saturated heterocycles. The second-order valence-electron chi connectivity index (χ2n) is 6.68. The van der Waals surface area contributed by atoms with E-state index in [1.54, 1.807) is 25.4 Å². The normalized spacial score (nSPS) is 20.4. The van der Waals surface area contributed by atoms with Gasteiger partial charge in [-0.1, -0.05) is 0 Å². The first-order valence-electron chi connectivity index (χ1n) is 8.50. The Morgan fingerprint density at radius 1 is 1.21 bits per heavy atom. The first-order chi connectivity index (χ1) is 11.7. The number of imidazole rings is 1. The van der Waals surface area contributed by atoms with Gasteiger partial charge in [0.15, 0.2) is 0 Å². The van der Waals surface area contributed by atoms with Gasteiger partial charge < -0.3 is 14.2 Å². The average molecular weight is 326 g/mol. The molecule has 6 nitrogen and oxygen atoms in total. The Labute approximate surface area is 141 Å². The van der Waals surface area contributed by atoms with E-state index in [-0.39, 0.29) is 5.91 Å². The van der Waals surface area contributed by atoms with Crippen molar-refractivity contribution < 1.29 is 9.53 Å². The van der Waals surface area contributed by atoms with Gasteiger partial charge in [0, 0.05) is 43.2 Å². The molecule has 0 N–H and O–H groups in total. The standard InChI is InChI=1S/C18H22N4O2/c1-12-9-20-17(13-3-4-13)22(12)15-7-8-21(11-15)18(23)14-5-6-16(24-2)19-10-14/h5-6,9-10,13,15H,3-4,7-8,11H2,1-2H3. The molecule has 2 aromatic rings. The highest BCUT2D eigenvalue weighted by Gasteiger charge is 2.34. The Balaban J connectivity index is 1.50. The number of carbonyl (C=O) groups is 1. The van der Waals surface area contributed by atoms with Gasteiger partial charge in [-0.25, -0.2) is 9.97 Å². The number of likely N-dealkylation sites (tertiary alicyclic amines) is 1. The van der Waals surface area contributed by atoms with Gasteiger partial charge in [-0.05, 0) is 32.3 Å². The van der Waals surface area contributed by atoms with E-state index in [0.29, 0.717) is 23.4 Å². The highest BCUT2D eigenvalue weighted by atomic mass is 16.5. The Bertz CT molecular complexity index is 749. The molecule has 0 aromatic carbocycles. The lowest BCUT2D eigenvalue weighted by Gasteiger charge is -2.19. The Hall–Kier alpha value is -2.37. The number of methoxy groups -OCH3 is 1. The summed E-state index contributed by atoms with van der Waals surface area (Å²) < 4.78 is 7.41. The molecule has 2 aromatic heterocycles. The van der Waals surface area contributed by atoms with Crippen LogP contribution in [0.1, 0.15) is 53.1 Å². The summed E-state index contributed by atoms with van der Waals surface area (Å²) in [5, 5.41) is 0. The summed E-state index contributed by atoms with van der Waals surface area (Å²) >= 11 is 0. The van der Waals surface area contributed by atoms with E-state index in [2.05, 4.69) is 21.5 Å². The minimum atomic E-state index is 0.0402. The molecule has 24 heavy (non-hydrogen) atoms. The fourth-order valence-corrected chi connectivity index (χ4v) is 3.53. The summed E-state index contributed by atoms with van der Waals surface area (Å²) in [6.45, 7) is 3.62. The first-order valence-corrected chi connectivity index (χ1v) is 8.50. The summed E-state index contributed by atoms with van der Waals surface area (Å²) in [6.07, 6.45) is 7.01. The Kier molecular flexibility index (Phi) is 3.75. The van der Waals surface area contributed by atoms with Gasteiger partial charge in [0.05, 0.1) is 18.7 Å². The van der Waals surface area contributed by atoms with Crippen LogP contribution in [-0.4, -0.2) is 45.5 Å². The van der Waals surface area contributed by atoms with Crippen molar-refractivity contribution in [3.63, 3.8) is 0 Å². The van der Waals surface area contributed by atoms with Crippen LogP contribution in [0, 0.1) is 6.92 Å². The molecule has 0 radical (unpaired) electrons. The van der Waals surface area contributed by atoms with Gasteiger partial charge in [-0.15, -0.1) is 0 Å². The van der Waals surface area contributed by atoms with E-state index in [1.165, 1.54) is 24.4 Å². The monoisotopic (exact) mass is 326 g/mol. The zero-order chi connectivity index (χ0) is 16.7. The second-order valence-corrected chi connectivity index (χ2v) is 6.68. The number of rotatable bonds is 4. The minimum Gasteiger partial charge on any atom is -0.481 e. The molecule has 1 atom stereocenters. The summed E-state index contributed by atoms with van der Waals surface area (Å²) in [7, 11) is 1.57. The molecule has 1 unspecified atom stereocenters. The molecule has 126 valence electrons. The van der Waals surface area contributed by atoms with E-state index in [9.17, 15) is 4.79 Å². The van der Waals surface area contributed by atoms with Crippen molar-refractivity contribution in [2.24, 2.45) is 0 Å². The zero-order valence-electron chi connectivity index (χ0n) is 14.1. The van der Waals surface area contributed by atoms with Crippen LogP contribution in [0.3, 0.4) is 0 Å². The van der Waals surface area contributed by atoms with Crippen LogP contribution in [0.4, 0.5) is 0 Å². The second kappa shape index (κ2) is 5.92. The lowest BCUT2D eigenvalue weighted by atomic mass is 10.2. The molecule has 2 aliphatic rings. The van der Waals surface area contributed by atoms with E-state index in [4.69, 9.17) is 4.74 Å². The van der Waals surface area contributed by atoms with Crippen LogP contribution in [0.5, 0.6) is 5.88 Å². The molecule has 3 heterocycles. The van der Waals surface area contributed by atoms with Crippen molar-refractivity contribution in [2.45, 2.75) is 38.1 Å². The summed E-state index contributed by atoms with van der Waals surface area (Å²) in [6, 6.07) is 3.84. The largest absolute Gasteiger partial charge is 0.481 e. The minimum absolute atomic E-state index is 0.0402. The highest BCUT2D eigenvalue weighted by Crippen LogP contribution is 2.41. The third-order valence-corrected chi connectivity index (χ3v) is 4.96. The lowest BCUT2D eigenvalue weighted by molar-refractivity contribution is 0.0787. The predicted octanol–water partition coefficient (Wildman–Crippen LogP) is 2.56. The maximum Gasteiger partial charge on any atom is 0.255 e. The van der Waals surface area contributed by atoms with Gasteiger partial charge in [0.2, 0.25) is 5.88 Å². The quantitative estimate of drug-likeness (QED) is 0.866. The molecule has 1 aliphatic heterocycles. The molecule has 6 heteroatoms. The zero-order valence-corrected chi connectivity index (χ0v) is 14.1. The molecule has 0 spiro atoms. The summed E-state index contributed by atoms with van der Waals surface area (Å²) in [5.74, 6) is 2.39. The van der Waals surface area contributed by atoms with E-state index in [1.807, 2.05) is 11.1 Å². The third kappa shape index (κ3) is 2.66. The topological polar surface area (TPSA) is 60.2 Å². The SMILES string of the molecule is COc1ccc(C(=O)N2CCC(n3c(C)cnc3C3CC3)C2)cn1. The smallest absolute Gasteiger partial charge is 0.255 e. The van der Waals surface area contributed by atoms with E-state index in [0.717, 1.165) is 19.5 Å². The maximum absolute atomic E-state index is 12.7. The number of amides is 1. The molecule has 1 saturated carbocycles. The van der Waals surface area contributed by atoms with Gasteiger partial charge >= 0.3 is 0 Å². The van der Waals surface area contributed by atoms with Crippen molar-refractivity contribution in [2.75, 3.05) is 20.2 Å². The van der Waals surface area contributed by atoms with Gasteiger partial charge in [-0.2, -0.15) is 0 Å². The molecule has 4 rings (SSSR count). The highest BCUT2D eigenvalue weighted by molar-refractivity contribution is 5.94. The van der Waals surface area contributed by atoms with E-state index < -0.39 is 0 Å². The van der Waals surface area contributed by atoms with Gasteiger partial charge in [0.1, 0.15) is 5.82 Å². The van der Waals surface area contributed by atoms with Crippen LogP contribution < -0.4 is 4.74 Å².